The third-order valence-electron chi connectivity index (χ3n) is 5.71. The van der Waals surface area contributed by atoms with Crippen molar-refractivity contribution in [1.29, 1.82) is 0 Å². The average Bonchev–Trinajstić information content (AvgIpc) is 2.62. The standard InChI is InChI=1S/C23H33N5O2/c1-22(2)12-15(13-23(3,4)27-22)28(5)20(25)8-7-17(24)16-10-14-6-9-21(30)26-18(14)11-19(16)29/h6-11,15,27,29H,12-13,24-25H2,1-5H3,(H,26,30)/b17-7-,20-8+. The highest BCUT2D eigenvalue weighted by Crippen LogP contribution is 2.32. The summed E-state index contributed by atoms with van der Waals surface area (Å²) in [5.74, 6) is 0.612. The smallest absolute Gasteiger partial charge is 0.248 e. The maximum atomic E-state index is 11.5. The van der Waals surface area contributed by atoms with Crippen LogP contribution < -0.4 is 22.3 Å². The van der Waals surface area contributed by atoms with E-state index in [1.165, 1.54) is 12.1 Å². The van der Waals surface area contributed by atoms with Gasteiger partial charge >= 0.3 is 0 Å². The second-order valence-electron chi connectivity index (χ2n) is 9.56. The minimum atomic E-state index is -0.221. The van der Waals surface area contributed by atoms with E-state index >= 15 is 0 Å². The number of phenols is 1. The van der Waals surface area contributed by atoms with Gasteiger partial charge in [0.15, 0.2) is 0 Å². The van der Waals surface area contributed by atoms with Crippen LogP contribution in [0.3, 0.4) is 0 Å². The van der Waals surface area contributed by atoms with Crippen molar-refractivity contribution in [3.05, 3.63) is 58.2 Å². The summed E-state index contributed by atoms with van der Waals surface area (Å²) >= 11 is 0. The Labute approximate surface area is 177 Å². The Balaban J connectivity index is 1.84. The van der Waals surface area contributed by atoms with E-state index in [1.54, 1.807) is 24.3 Å². The van der Waals surface area contributed by atoms with Gasteiger partial charge in [0.25, 0.3) is 0 Å². The molecule has 7 N–H and O–H groups in total. The molecule has 0 aliphatic carbocycles. The second-order valence-corrected chi connectivity index (χ2v) is 9.56. The molecule has 1 fully saturated rings. The summed E-state index contributed by atoms with van der Waals surface area (Å²) in [6, 6.07) is 6.69. The summed E-state index contributed by atoms with van der Waals surface area (Å²) in [6.07, 6.45) is 5.43. The zero-order valence-electron chi connectivity index (χ0n) is 18.4. The van der Waals surface area contributed by atoms with Crippen LogP contribution in [-0.4, -0.2) is 39.2 Å². The monoisotopic (exact) mass is 411 g/mol. The van der Waals surface area contributed by atoms with E-state index in [0.29, 0.717) is 28.6 Å². The van der Waals surface area contributed by atoms with Gasteiger partial charge in [-0.25, -0.2) is 0 Å². The summed E-state index contributed by atoms with van der Waals surface area (Å²) in [5.41, 5.74) is 13.9. The van der Waals surface area contributed by atoms with Crippen molar-refractivity contribution in [3.63, 3.8) is 0 Å². The molecule has 1 aliphatic rings. The molecule has 2 heterocycles. The number of H-pyrrole nitrogens is 1. The molecule has 0 radical (unpaired) electrons. The third-order valence-corrected chi connectivity index (χ3v) is 5.71. The normalized spacial score (nSPS) is 19.8. The fraction of sp³-hybridized carbons (Fsp3) is 0.435. The Bertz CT molecular complexity index is 1050. The van der Waals surface area contributed by atoms with Gasteiger partial charge in [0.05, 0.1) is 11.3 Å². The van der Waals surface area contributed by atoms with E-state index in [0.717, 1.165) is 18.2 Å². The number of rotatable bonds is 4. The summed E-state index contributed by atoms with van der Waals surface area (Å²) in [6.45, 7) is 8.84. The predicted octanol–water partition coefficient (Wildman–Crippen LogP) is 2.57. The van der Waals surface area contributed by atoms with E-state index in [4.69, 9.17) is 11.5 Å². The molecule has 7 heteroatoms. The predicted molar refractivity (Wildman–Crippen MR) is 123 cm³/mol. The first kappa shape index (κ1) is 21.8. The minimum absolute atomic E-state index is 0.000259. The first-order valence-corrected chi connectivity index (χ1v) is 10.2. The second kappa shape index (κ2) is 7.72. The van der Waals surface area contributed by atoms with Crippen LogP contribution in [0.15, 0.2) is 47.0 Å². The molecule has 1 aromatic heterocycles. The molecule has 1 aliphatic heterocycles. The summed E-state index contributed by atoms with van der Waals surface area (Å²) < 4.78 is 0. The lowest BCUT2D eigenvalue weighted by Gasteiger charge is -2.49. The summed E-state index contributed by atoms with van der Waals surface area (Å²) in [4.78, 5) is 16.3. The lowest BCUT2D eigenvalue weighted by atomic mass is 9.79. The highest BCUT2D eigenvalue weighted by atomic mass is 16.3. The molecule has 7 nitrogen and oxygen atoms in total. The Hall–Kier alpha value is -2.93. The van der Waals surface area contributed by atoms with Crippen LogP contribution in [-0.2, 0) is 0 Å². The zero-order chi connectivity index (χ0) is 22.3. The number of piperidine rings is 1. The molecule has 0 amide bonds. The number of allylic oxidation sites excluding steroid dienone is 2. The van der Waals surface area contributed by atoms with Crippen LogP contribution in [0, 0.1) is 0 Å². The molecule has 0 saturated carbocycles. The number of nitrogens with two attached hydrogens (primary N) is 2. The van der Waals surface area contributed by atoms with E-state index < -0.39 is 0 Å². The molecule has 2 aromatic rings. The number of hydrogen-bond acceptors (Lipinski definition) is 6. The first-order valence-electron chi connectivity index (χ1n) is 10.2. The van der Waals surface area contributed by atoms with E-state index in [-0.39, 0.29) is 22.4 Å². The highest BCUT2D eigenvalue weighted by molar-refractivity contribution is 5.86. The molecule has 3 rings (SSSR count). The number of nitrogens with one attached hydrogen (secondary N) is 2. The minimum Gasteiger partial charge on any atom is -0.507 e. The number of phenolic OH excluding ortho intramolecular Hbond substituents is 1. The van der Waals surface area contributed by atoms with Gasteiger partial charge < -0.3 is 31.8 Å². The number of aromatic amines is 1. The number of benzene rings is 1. The topological polar surface area (TPSA) is 120 Å². The van der Waals surface area contributed by atoms with Crippen molar-refractivity contribution >= 4 is 16.6 Å². The first-order chi connectivity index (χ1) is 13.9. The Kier molecular flexibility index (Phi) is 5.60. The Morgan fingerprint density at radius 2 is 1.77 bits per heavy atom. The van der Waals surface area contributed by atoms with Crippen molar-refractivity contribution in [3.8, 4) is 5.75 Å². The fourth-order valence-corrected chi connectivity index (χ4v) is 4.56. The molecular weight excluding hydrogens is 378 g/mol. The number of nitrogens with zero attached hydrogens (tertiary/aromatic N) is 1. The number of hydrogen-bond donors (Lipinski definition) is 5. The third kappa shape index (κ3) is 4.79. The van der Waals surface area contributed by atoms with Crippen molar-refractivity contribution in [1.82, 2.24) is 15.2 Å². The molecule has 0 atom stereocenters. The molecule has 30 heavy (non-hydrogen) atoms. The lowest BCUT2D eigenvalue weighted by Crippen LogP contribution is -2.61. The molecule has 0 bridgehead atoms. The average molecular weight is 412 g/mol. The van der Waals surface area contributed by atoms with Crippen molar-refractivity contribution in [2.45, 2.75) is 57.7 Å². The van der Waals surface area contributed by atoms with Gasteiger partial charge in [-0.05, 0) is 70.2 Å². The molecular formula is C23H33N5O2. The van der Waals surface area contributed by atoms with Crippen LogP contribution in [0.1, 0.15) is 46.1 Å². The van der Waals surface area contributed by atoms with Gasteiger partial charge in [-0.3, -0.25) is 4.79 Å². The largest absolute Gasteiger partial charge is 0.507 e. The van der Waals surface area contributed by atoms with Gasteiger partial charge in [0, 0.05) is 47.6 Å². The van der Waals surface area contributed by atoms with E-state index in [2.05, 4.69) is 42.9 Å². The van der Waals surface area contributed by atoms with Gasteiger partial charge in [-0.15, -0.1) is 0 Å². The molecule has 1 aromatic carbocycles. The Morgan fingerprint density at radius 1 is 1.13 bits per heavy atom. The fourth-order valence-electron chi connectivity index (χ4n) is 4.56. The van der Waals surface area contributed by atoms with Gasteiger partial charge in [0.1, 0.15) is 5.75 Å². The molecule has 0 unspecified atom stereocenters. The maximum absolute atomic E-state index is 11.5. The van der Waals surface area contributed by atoms with Gasteiger partial charge in [-0.1, -0.05) is 0 Å². The lowest BCUT2D eigenvalue weighted by molar-refractivity contribution is 0.0981. The maximum Gasteiger partial charge on any atom is 0.248 e. The van der Waals surface area contributed by atoms with Crippen molar-refractivity contribution in [2.24, 2.45) is 11.5 Å². The van der Waals surface area contributed by atoms with Crippen molar-refractivity contribution < 1.29 is 5.11 Å². The molecule has 1 saturated heterocycles. The number of fused-ring (bicyclic) bond motifs is 1. The Morgan fingerprint density at radius 3 is 2.40 bits per heavy atom. The van der Waals surface area contributed by atoms with E-state index in [1.807, 2.05) is 7.05 Å². The van der Waals surface area contributed by atoms with Crippen LogP contribution in [0.25, 0.3) is 16.6 Å². The number of pyridine rings is 1. The summed E-state index contributed by atoms with van der Waals surface area (Å²) in [5, 5.41) is 14.8. The molecule has 0 spiro atoms. The van der Waals surface area contributed by atoms with Gasteiger partial charge in [0.2, 0.25) is 5.56 Å². The van der Waals surface area contributed by atoms with Gasteiger partial charge in [-0.2, -0.15) is 0 Å². The zero-order valence-corrected chi connectivity index (χ0v) is 18.4. The van der Waals surface area contributed by atoms with Crippen molar-refractivity contribution in [2.75, 3.05) is 7.05 Å². The summed E-state index contributed by atoms with van der Waals surface area (Å²) in [7, 11) is 2.00. The number of aromatic nitrogens is 1. The van der Waals surface area contributed by atoms with E-state index in [9.17, 15) is 9.90 Å². The van der Waals surface area contributed by atoms with Crippen LogP contribution in [0.4, 0.5) is 0 Å². The quantitative estimate of drug-likeness (QED) is 0.493. The van der Waals surface area contributed by atoms with Crippen LogP contribution in [0.5, 0.6) is 5.75 Å². The number of aromatic hydroxyl groups is 1. The van der Waals surface area contributed by atoms with Crippen LogP contribution >= 0.6 is 0 Å². The molecule has 162 valence electrons. The SMILES string of the molecule is CN(/C(N)=C/C=C(\N)c1cc2ccc(=O)[nH]c2cc1O)C1CC(C)(C)NC(C)(C)C1. The van der Waals surface area contributed by atoms with Crippen LogP contribution in [0.2, 0.25) is 0 Å². The highest BCUT2D eigenvalue weighted by Gasteiger charge is 2.39.